The second-order valence-corrected chi connectivity index (χ2v) is 5.04. The molecule has 0 amide bonds. The molecule has 1 fully saturated rings. The first-order valence-corrected chi connectivity index (χ1v) is 6.77. The number of nitrogens with two attached hydrogens (primary N) is 1. The normalized spacial score (nSPS) is 23.6. The second-order valence-electron chi connectivity index (χ2n) is 5.04. The summed E-state index contributed by atoms with van der Waals surface area (Å²) in [5.74, 6) is -0.479. The Balaban J connectivity index is 2.00. The quantitative estimate of drug-likeness (QED) is 0.852. The van der Waals surface area contributed by atoms with E-state index in [-0.39, 0.29) is 24.3 Å². The molecular weight excluding hydrogens is 243 g/mol. The molecule has 3 nitrogen and oxygen atoms in total. The minimum absolute atomic E-state index is 0.00681. The Morgan fingerprint density at radius 1 is 1.32 bits per heavy atom. The van der Waals surface area contributed by atoms with Gasteiger partial charge in [0.25, 0.3) is 0 Å². The van der Waals surface area contributed by atoms with E-state index in [1.807, 2.05) is 6.07 Å². The fraction of sp³-hybridized carbons (Fsp3) is 0.533. The summed E-state index contributed by atoms with van der Waals surface area (Å²) in [6, 6.07) is 6.66. The summed E-state index contributed by atoms with van der Waals surface area (Å²) >= 11 is 0. The Hall–Kier alpha value is -1.44. The summed E-state index contributed by atoms with van der Waals surface area (Å²) in [5.41, 5.74) is 6.55. The number of hydrogen-bond donors (Lipinski definition) is 1. The smallest absolute Gasteiger partial charge is 0.146 e. The molecule has 1 aliphatic rings. The van der Waals surface area contributed by atoms with Gasteiger partial charge in [0.05, 0.1) is 18.3 Å². The molecule has 4 heteroatoms. The van der Waals surface area contributed by atoms with Crippen LogP contribution in [0.5, 0.6) is 0 Å². The van der Waals surface area contributed by atoms with E-state index < -0.39 is 5.82 Å². The molecule has 0 heterocycles. The van der Waals surface area contributed by atoms with Gasteiger partial charge in [0.15, 0.2) is 0 Å². The molecule has 2 atom stereocenters. The SMILES string of the molecule is N#Cc1cccc(COC2CCCCCC2N)c1F. The Labute approximate surface area is 113 Å². The van der Waals surface area contributed by atoms with E-state index in [2.05, 4.69) is 0 Å². The van der Waals surface area contributed by atoms with Gasteiger partial charge in [-0.15, -0.1) is 0 Å². The highest BCUT2D eigenvalue weighted by molar-refractivity contribution is 5.34. The van der Waals surface area contributed by atoms with Crippen LogP contribution in [0, 0.1) is 17.1 Å². The maximum atomic E-state index is 13.9. The van der Waals surface area contributed by atoms with Crippen LogP contribution >= 0.6 is 0 Å². The summed E-state index contributed by atoms with van der Waals surface area (Å²) in [4.78, 5) is 0. The molecule has 1 aromatic rings. The van der Waals surface area contributed by atoms with Gasteiger partial charge >= 0.3 is 0 Å². The zero-order chi connectivity index (χ0) is 13.7. The number of nitrogens with zero attached hydrogens (tertiary/aromatic N) is 1. The number of hydrogen-bond acceptors (Lipinski definition) is 3. The van der Waals surface area contributed by atoms with Gasteiger partial charge in [-0.3, -0.25) is 0 Å². The number of rotatable bonds is 3. The van der Waals surface area contributed by atoms with E-state index in [1.54, 1.807) is 12.1 Å². The monoisotopic (exact) mass is 262 g/mol. The fourth-order valence-electron chi connectivity index (χ4n) is 2.48. The van der Waals surface area contributed by atoms with Crippen LogP contribution in [0.2, 0.25) is 0 Å². The average Bonchev–Trinajstić information content (AvgIpc) is 2.62. The summed E-state index contributed by atoms with van der Waals surface area (Å²) in [6.07, 6.45) is 5.32. The van der Waals surface area contributed by atoms with Gasteiger partial charge in [0.1, 0.15) is 11.9 Å². The van der Waals surface area contributed by atoms with Gasteiger partial charge in [-0.1, -0.05) is 31.4 Å². The highest BCUT2D eigenvalue weighted by Crippen LogP contribution is 2.21. The standard InChI is InChI=1S/C15H19FN2O/c16-15-11(9-17)5-4-6-12(15)10-19-14-8-3-1-2-7-13(14)18/h4-6,13-14H,1-3,7-8,10,18H2. The molecule has 0 aliphatic heterocycles. The molecule has 2 N–H and O–H groups in total. The van der Waals surface area contributed by atoms with E-state index in [9.17, 15) is 4.39 Å². The number of nitriles is 1. The Morgan fingerprint density at radius 2 is 2.11 bits per heavy atom. The van der Waals surface area contributed by atoms with Crippen LogP contribution in [0.15, 0.2) is 18.2 Å². The van der Waals surface area contributed by atoms with E-state index in [0.717, 1.165) is 25.7 Å². The highest BCUT2D eigenvalue weighted by atomic mass is 19.1. The van der Waals surface area contributed by atoms with Crippen LogP contribution in [0.1, 0.15) is 43.2 Å². The molecule has 0 spiro atoms. The lowest BCUT2D eigenvalue weighted by molar-refractivity contribution is 0.0181. The maximum Gasteiger partial charge on any atom is 0.146 e. The Morgan fingerprint density at radius 3 is 2.89 bits per heavy atom. The summed E-state index contributed by atoms with van der Waals surface area (Å²) in [7, 11) is 0. The predicted octanol–water partition coefficient (Wildman–Crippen LogP) is 2.87. The van der Waals surface area contributed by atoms with Crippen molar-refractivity contribution in [1.29, 1.82) is 5.26 Å². The Bertz CT molecular complexity index is 470. The molecule has 1 aliphatic carbocycles. The van der Waals surface area contributed by atoms with Crippen molar-refractivity contribution in [3.05, 3.63) is 35.1 Å². The van der Waals surface area contributed by atoms with Gasteiger partial charge in [-0.2, -0.15) is 5.26 Å². The first-order chi connectivity index (χ1) is 9.22. The molecule has 0 bridgehead atoms. The number of halogens is 1. The molecule has 2 unspecified atom stereocenters. The Kier molecular flexibility index (Phi) is 4.89. The van der Waals surface area contributed by atoms with E-state index >= 15 is 0 Å². The molecule has 0 saturated heterocycles. The van der Waals surface area contributed by atoms with Gasteiger partial charge < -0.3 is 10.5 Å². The minimum atomic E-state index is -0.479. The van der Waals surface area contributed by atoms with Crippen LogP contribution in [0.3, 0.4) is 0 Å². The van der Waals surface area contributed by atoms with Gasteiger partial charge in [0, 0.05) is 11.6 Å². The largest absolute Gasteiger partial charge is 0.372 e. The molecule has 1 saturated carbocycles. The van der Waals surface area contributed by atoms with E-state index in [1.165, 1.54) is 12.5 Å². The molecule has 19 heavy (non-hydrogen) atoms. The lowest BCUT2D eigenvalue weighted by Crippen LogP contribution is -2.35. The second kappa shape index (κ2) is 6.65. The average molecular weight is 262 g/mol. The van der Waals surface area contributed by atoms with Gasteiger partial charge in [0.2, 0.25) is 0 Å². The third kappa shape index (κ3) is 3.52. The lowest BCUT2D eigenvalue weighted by atomic mass is 10.1. The first-order valence-electron chi connectivity index (χ1n) is 6.77. The van der Waals surface area contributed by atoms with Crippen LogP contribution in [0.4, 0.5) is 4.39 Å². The van der Waals surface area contributed by atoms with Crippen LogP contribution in [0.25, 0.3) is 0 Å². The molecular formula is C15H19FN2O. The maximum absolute atomic E-state index is 13.9. The molecule has 1 aromatic carbocycles. The van der Waals surface area contributed by atoms with Crippen molar-refractivity contribution < 1.29 is 9.13 Å². The third-order valence-corrected chi connectivity index (χ3v) is 3.66. The third-order valence-electron chi connectivity index (χ3n) is 3.66. The topological polar surface area (TPSA) is 59.0 Å². The molecule has 102 valence electrons. The van der Waals surface area contributed by atoms with Crippen molar-refractivity contribution in [3.8, 4) is 6.07 Å². The molecule has 2 rings (SSSR count). The molecule has 0 radical (unpaired) electrons. The van der Waals surface area contributed by atoms with Crippen LogP contribution in [-0.2, 0) is 11.3 Å². The van der Waals surface area contributed by atoms with Crippen molar-refractivity contribution in [2.75, 3.05) is 0 Å². The van der Waals surface area contributed by atoms with Crippen LogP contribution < -0.4 is 5.73 Å². The van der Waals surface area contributed by atoms with Crippen LogP contribution in [-0.4, -0.2) is 12.1 Å². The lowest BCUT2D eigenvalue weighted by Gasteiger charge is -2.22. The predicted molar refractivity (Wildman–Crippen MR) is 70.8 cm³/mol. The zero-order valence-corrected chi connectivity index (χ0v) is 10.9. The summed E-state index contributed by atoms with van der Waals surface area (Å²) < 4.78 is 19.6. The molecule has 0 aromatic heterocycles. The number of benzene rings is 1. The number of ether oxygens (including phenoxy) is 1. The summed E-state index contributed by atoms with van der Waals surface area (Å²) in [6.45, 7) is 0.180. The van der Waals surface area contributed by atoms with Crippen molar-refractivity contribution in [2.24, 2.45) is 5.73 Å². The van der Waals surface area contributed by atoms with Crippen molar-refractivity contribution >= 4 is 0 Å². The minimum Gasteiger partial charge on any atom is -0.372 e. The highest BCUT2D eigenvalue weighted by Gasteiger charge is 2.21. The van der Waals surface area contributed by atoms with E-state index in [4.69, 9.17) is 15.7 Å². The van der Waals surface area contributed by atoms with Gasteiger partial charge in [-0.25, -0.2) is 4.39 Å². The fourth-order valence-corrected chi connectivity index (χ4v) is 2.48. The van der Waals surface area contributed by atoms with Crippen molar-refractivity contribution in [3.63, 3.8) is 0 Å². The van der Waals surface area contributed by atoms with E-state index in [0.29, 0.717) is 5.56 Å². The first kappa shape index (κ1) is 14.0. The summed E-state index contributed by atoms with van der Waals surface area (Å²) in [5, 5.41) is 8.79. The zero-order valence-electron chi connectivity index (χ0n) is 10.9. The van der Waals surface area contributed by atoms with Crippen molar-refractivity contribution in [2.45, 2.75) is 50.9 Å². The van der Waals surface area contributed by atoms with Crippen molar-refractivity contribution in [1.82, 2.24) is 0 Å². The van der Waals surface area contributed by atoms with Gasteiger partial charge in [-0.05, 0) is 18.9 Å².